The molecule has 0 saturated heterocycles. The Balaban J connectivity index is 2.89. The Morgan fingerprint density at radius 2 is 0.879 bits per heavy atom. The van der Waals surface area contributed by atoms with Crippen molar-refractivity contribution < 1.29 is 66.6 Å². The molecule has 184 valence electrons. The molecular formula is C18H8F14O. The maximum atomic E-state index is 14.3. The van der Waals surface area contributed by atoms with Gasteiger partial charge in [0, 0.05) is 11.1 Å². The highest BCUT2D eigenvalue weighted by molar-refractivity contribution is 5.73. The third-order valence-electron chi connectivity index (χ3n) is 4.40. The number of halogens is 14. The summed E-state index contributed by atoms with van der Waals surface area (Å²) < 4.78 is 187. The van der Waals surface area contributed by atoms with Crippen molar-refractivity contribution >= 4 is 0 Å². The lowest BCUT2D eigenvalue weighted by atomic mass is 9.87. The standard InChI is InChI=1S/C18H8F14O/c19-13(20,15(23,24)17(27,28)29)11-4-2-1-3-9(11)10-6-5-8(33)7-12(10)14(21,22)16(25,26)18(30,31)32/h1-7,33H. The maximum absolute atomic E-state index is 14.3. The minimum Gasteiger partial charge on any atom is -0.508 e. The molecule has 33 heavy (non-hydrogen) atoms. The molecule has 2 rings (SSSR count). The van der Waals surface area contributed by atoms with Gasteiger partial charge in [-0.1, -0.05) is 30.3 Å². The summed E-state index contributed by atoms with van der Waals surface area (Å²) in [4.78, 5) is 0. The first-order valence-corrected chi connectivity index (χ1v) is 8.18. The second kappa shape index (κ2) is 7.65. The van der Waals surface area contributed by atoms with Crippen molar-refractivity contribution in [2.24, 2.45) is 0 Å². The Morgan fingerprint density at radius 1 is 0.485 bits per heavy atom. The molecule has 0 fully saturated rings. The molecule has 15 heteroatoms. The molecule has 2 aromatic carbocycles. The third-order valence-corrected chi connectivity index (χ3v) is 4.40. The number of hydrogen-bond donors (Lipinski definition) is 1. The van der Waals surface area contributed by atoms with E-state index in [4.69, 9.17) is 0 Å². The van der Waals surface area contributed by atoms with E-state index < -0.39 is 64.0 Å². The molecule has 1 N–H and O–H groups in total. The monoisotopic (exact) mass is 506 g/mol. The van der Waals surface area contributed by atoms with E-state index in [1.807, 2.05) is 0 Å². The summed E-state index contributed by atoms with van der Waals surface area (Å²) in [5.74, 6) is -27.5. The van der Waals surface area contributed by atoms with Crippen LogP contribution >= 0.6 is 0 Å². The number of rotatable bonds is 5. The van der Waals surface area contributed by atoms with Crippen LogP contribution in [0.15, 0.2) is 42.5 Å². The van der Waals surface area contributed by atoms with Gasteiger partial charge >= 0.3 is 36.0 Å². The number of phenols is 1. The van der Waals surface area contributed by atoms with Gasteiger partial charge in [-0.2, -0.15) is 61.5 Å². The molecular weight excluding hydrogens is 498 g/mol. The van der Waals surface area contributed by atoms with Crippen LogP contribution in [0.25, 0.3) is 11.1 Å². The van der Waals surface area contributed by atoms with E-state index in [0.29, 0.717) is 18.2 Å². The van der Waals surface area contributed by atoms with Crippen LogP contribution in [0.4, 0.5) is 61.5 Å². The predicted molar refractivity (Wildman–Crippen MR) is 83.3 cm³/mol. The van der Waals surface area contributed by atoms with Gasteiger partial charge in [0.15, 0.2) is 0 Å². The molecule has 0 aliphatic carbocycles. The lowest BCUT2D eigenvalue weighted by molar-refractivity contribution is -0.360. The summed E-state index contributed by atoms with van der Waals surface area (Å²) >= 11 is 0. The van der Waals surface area contributed by atoms with Crippen molar-refractivity contribution in [1.82, 2.24) is 0 Å². The first kappa shape index (κ1) is 26.5. The molecule has 0 heterocycles. The van der Waals surface area contributed by atoms with Crippen LogP contribution in [0.3, 0.4) is 0 Å². The third kappa shape index (κ3) is 4.05. The fourth-order valence-corrected chi connectivity index (χ4v) is 2.71. The van der Waals surface area contributed by atoms with E-state index in [1.165, 1.54) is 0 Å². The molecule has 0 unspecified atom stereocenters. The molecule has 0 bridgehead atoms. The highest BCUT2D eigenvalue weighted by atomic mass is 19.4. The van der Waals surface area contributed by atoms with Crippen molar-refractivity contribution in [1.29, 1.82) is 0 Å². The van der Waals surface area contributed by atoms with E-state index in [1.54, 1.807) is 0 Å². The van der Waals surface area contributed by atoms with Crippen LogP contribution in [0.5, 0.6) is 5.75 Å². The number of phenolic OH excluding ortho intramolecular Hbond substituents is 1. The fourth-order valence-electron chi connectivity index (χ4n) is 2.71. The Bertz CT molecular complexity index is 1020. The smallest absolute Gasteiger partial charge is 0.460 e. The maximum Gasteiger partial charge on any atom is 0.460 e. The molecule has 0 spiro atoms. The van der Waals surface area contributed by atoms with Crippen molar-refractivity contribution in [2.45, 2.75) is 36.0 Å². The van der Waals surface area contributed by atoms with Gasteiger partial charge in [-0.15, -0.1) is 0 Å². The van der Waals surface area contributed by atoms with Crippen LogP contribution in [-0.2, 0) is 11.8 Å². The van der Waals surface area contributed by atoms with Crippen molar-refractivity contribution in [2.75, 3.05) is 0 Å². The minimum atomic E-state index is -6.91. The quantitative estimate of drug-likeness (QED) is 0.414. The minimum absolute atomic E-state index is 0.0777. The topological polar surface area (TPSA) is 20.2 Å². The van der Waals surface area contributed by atoms with Crippen LogP contribution in [0, 0.1) is 0 Å². The average molecular weight is 506 g/mol. The zero-order chi connectivity index (χ0) is 25.8. The first-order valence-electron chi connectivity index (χ1n) is 8.18. The van der Waals surface area contributed by atoms with E-state index in [-0.39, 0.29) is 24.3 Å². The van der Waals surface area contributed by atoms with Gasteiger partial charge in [0.25, 0.3) is 0 Å². The SMILES string of the molecule is Oc1ccc(-c2ccccc2C(F)(F)C(F)(F)C(F)(F)F)c(C(F)(F)C(F)(F)C(F)(F)F)c1. The zero-order valence-corrected chi connectivity index (χ0v) is 15.3. The van der Waals surface area contributed by atoms with Crippen molar-refractivity contribution in [3.05, 3.63) is 53.6 Å². The molecule has 1 nitrogen and oxygen atoms in total. The fraction of sp³-hybridized carbons (Fsp3) is 0.333. The lowest BCUT2D eigenvalue weighted by Crippen LogP contribution is -2.50. The van der Waals surface area contributed by atoms with E-state index in [2.05, 4.69) is 0 Å². The van der Waals surface area contributed by atoms with E-state index >= 15 is 0 Å². The van der Waals surface area contributed by atoms with Gasteiger partial charge < -0.3 is 5.11 Å². The van der Waals surface area contributed by atoms with E-state index in [9.17, 15) is 66.6 Å². The molecule has 0 radical (unpaired) electrons. The van der Waals surface area contributed by atoms with Crippen LogP contribution in [0.2, 0.25) is 0 Å². The Labute approximate surface area is 174 Å². The van der Waals surface area contributed by atoms with E-state index in [0.717, 1.165) is 0 Å². The largest absolute Gasteiger partial charge is 0.508 e. The summed E-state index contributed by atoms with van der Waals surface area (Å²) in [7, 11) is 0. The number of hydrogen-bond acceptors (Lipinski definition) is 1. The Kier molecular flexibility index (Phi) is 6.15. The number of alkyl halides is 14. The molecule has 0 amide bonds. The highest BCUT2D eigenvalue weighted by Crippen LogP contribution is 2.57. The number of benzene rings is 2. The molecule has 0 aromatic heterocycles. The summed E-state index contributed by atoms with van der Waals surface area (Å²) in [5.41, 5.74) is -8.08. The second-order valence-electron chi connectivity index (χ2n) is 6.57. The molecule has 0 aliphatic heterocycles. The van der Waals surface area contributed by atoms with Crippen LogP contribution < -0.4 is 0 Å². The lowest BCUT2D eigenvalue weighted by Gasteiger charge is -2.32. The molecule has 0 atom stereocenters. The van der Waals surface area contributed by atoms with Crippen LogP contribution in [-0.4, -0.2) is 29.3 Å². The van der Waals surface area contributed by atoms with Gasteiger partial charge in [-0.3, -0.25) is 0 Å². The number of aromatic hydroxyl groups is 1. The molecule has 0 saturated carbocycles. The Hall–Kier alpha value is -2.74. The van der Waals surface area contributed by atoms with Crippen molar-refractivity contribution in [3.8, 4) is 16.9 Å². The van der Waals surface area contributed by atoms with Gasteiger partial charge in [-0.05, 0) is 23.3 Å². The van der Waals surface area contributed by atoms with Crippen molar-refractivity contribution in [3.63, 3.8) is 0 Å². The van der Waals surface area contributed by atoms with Gasteiger partial charge in [0.1, 0.15) is 5.75 Å². The predicted octanol–water partition coefficient (Wildman–Crippen LogP) is 7.64. The summed E-state index contributed by atoms with van der Waals surface area (Å²) in [5, 5.41) is 9.30. The Morgan fingerprint density at radius 3 is 1.33 bits per heavy atom. The molecule has 0 aliphatic rings. The van der Waals surface area contributed by atoms with Crippen LogP contribution in [0.1, 0.15) is 11.1 Å². The van der Waals surface area contributed by atoms with Gasteiger partial charge in [-0.25, -0.2) is 0 Å². The molecule has 2 aromatic rings. The first-order chi connectivity index (χ1) is 14.6. The summed E-state index contributed by atoms with van der Waals surface area (Å²) in [6.07, 6.45) is -13.8. The average Bonchev–Trinajstić information content (AvgIpc) is 2.65. The van der Waals surface area contributed by atoms with Gasteiger partial charge in [0.05, 0.1) is 0 Å². The second-order valence-corrected chi connectivity index (χ2v) is 6.57. The normalized spacial score (nSPS) is 14.5. The highest BCUT2D eigenvalue weighted by Gasteiger charge is 2.75. The summed E-state index contributed by atoms with van der Waals surface area (Å²) in [6, 6.07) is 1.30. The zero-order valence-electron chi connectivity index (χ0n) is 15.3. The van der Waals surface area contributed by atoms with Gasteiger partial charge in [0.2, 0.25) is 0 Å². The summed E-state index contributed by atoms with van der Waals surface area (Å²) in [6.45, 7) is 0.